The second kappa shape index (κ2) is 11.6. The van der Waals surface area contributed by atoms with Crippen molar-refractivity contribution >= 4 is 39.8 Å². The number of anilines is 1. The van der Waals surface area contributed by atoms with Crippen LogP contribution in [0.25, 0.3) is 33.5 Å². The molecule has 0 saturated carbocycles. The molecule has 3 heterocycles. The number of nitrogens with one attached hydrogen (secondary N) is 2. The lowest BCUT2D eigenvalue weighted by Gasteiger charge is -2.12. The Morgan fingerprint density at radius 1 is 1.02 bits per heavy atom. The minimum absolute atomic E-state index is 0.0610. The molecule has 0 atom stereocenters. The summed E-state index contributed by atoms with van der Waals surface area (Å²) in [5.74, 6) is 0.718. The number of amides is 2. The molecule has 2 amide bonds. The number of carbonyl (C=O) groups excluding carboxylic acids is 2. The summed E-state index contributed by atoms with van der Waals surface area (Å²) in [4.78, 5) is 41.5. The van der Waals surface area contributed by atoms with Gasteiger partial charge in [0, 0.05) is 36.4 Å². The maximum atomic E-state index is 12.0. The molecule has 0 fully saturated rings. The Morgan fingerprint density at radius 3 is 2.55 bits per heavy atom. The number of hydrogen-bond donors (Lipinski definition) is 3. The average Bonchev–Trinajstić information content (AvgIpc) is 3.35. The van der Waals surface area contributed by atoms with Crippen LogP contribution < -0.4 is 16.4 Å². The lowest BCUT2D eigenvalue weighted by Crippen LogP contribution is -2.31. The van der Waals surface area contributed by atoms with E-state index in [0.29, 0.717) is 41.5 Å². The first kappa shape index (κ1) is 26.3. The largest absolute Gasteiger partial charge is 0.448 e. The number of carbonyl (C=O) groups is 2. The molecule has 5 rings (SSSR count). The molecule has 0 radical (unpaired) electrons. The number of aromatic nitrogens is 5. The van der Waals surface area contributed by atoms with Gasteiger partial charge in [0.15, 0.2) is 11.6 Å². The van der Waals surface area contributed by atoms with Crippen molar-refractivity contribution in [1.29, 1.82) is 0 Å². The Morgan fingerprint density at radius 2 is 1.80 bits per heavy atom. The minimum Gasteiger partial charge on any atom is -0.448 e. The van der Waals surface area contributed by atoms with Crippen LogP contribution in [0.4, 0.5) is 10.6 Å². The standard InChI is InChI=1S/C29H28N8O3/c1-18(2)28(38)33-13-14-40-29(39)34-15-19-7-9-20(10-8-19)17-37-25-21-5-3-4-6-22(21)35-26(30)24(25)36-27(37)23-16-31-11-12-32-23/h3-12,16H,1,13-15,17H2,2H3,(H2,30,35)(H,33,38)(H,34,39). The predicted octanol–water partition coefficient (Wildman–Crippen LogP) is 3.59. The maximum absolute atomic E-state index is 12.0. The van der Waals surface area contributed by atoms with E-state index in [4.69, 9.17) is 15.5 Å². The van der Waals surface area contributed by atoms with E-state index in [1.165, 1.54) is 0 Å². The predicted molar refractivity (Wildman–Crippen MR) is 152 cm³/mol. The van der Waals surface area contributed by atoms with Crippen molar-refractivity contribution in [2.24, 2.45) is 0 Å². The van der Waals surface area contributed by atoms with Gasteiger partial charge >= 0.3 is 6.09 Å². The monoisotopic (exact) mass is 536 g/mol. The van der Waals surface area contributed by atoms with Crippen LogP contribution in [-0.2, 0) is 22.6 Å². The summed E-state index contributed by atoms with van der Waals surface area (Å²) < 4.78 is 7.18. The normalized spacial score (nSPS) is 10.9. The van der Waals surface area contributed by atoms with Crippen LogP contribution in [0.1, 0.15) is 18.1 Å². The van der Waals surface area contributed by atoms with Crippen LogP contribution in [0, 0.1) is 0 Å². The molecule has 0 aliphatic carbocycles. The van der Waals surface area contributed by atoms with E-state index in [-0.39, 0.29) is 19.1 Å². The first-order chi connectivity index (χ1) is 19.4. The zero-order chi connectivity index (χ0) is 28.1. The van der Waals surface area contributed by atoms with Gasteiger partial charge in [-0.15, -0.1) is 0 Å². The van der Waals surface area contributed by atoms with Gasteiger partial charge in [-0.05, 0) is 24.1 Å². The zero-order valence-corrected chi connectivity index (χ0v) is 21.9. The Balaban J connectivity index is 1.33. The summed E-state index contributed by atoms with van der Waals surface area (Å²) in [6, 6.07) is 15.7. The summed E-state index contributed by atoms with van der Waals surface area (Å²) in [6.07, 6.45) is 4.35. The van der Waals surface area contributed by atoms with Crippen LogP contribution in [-0.4, -0.2) is 49.7 Å². The van der Waals surface area contributed by atoms with Crippen LogP contribution in [0.3, 0.4) is 0 Å². The van der Waals surface area contributed by atoms with Gasteiger partial charge < -0.3 is 25.7 Å². The summed E-state index contributed by atoms with van der Waals surface area (Å²) in [6.45, 7) is 6.23. The van der Waals surface area contributed by atoms with Gasteiger partial charge in [0.1, 0.15) is 17.8 Å². The number of nitrogen functional groups attached to an aromatic ring is 1. The molecule has 2 aromatic carbocycles. The third kappa shape index (κ3) is 5.73. The molecule has 40 heavy (non-hydrogen) atoms. The van der Waals surface area contributed by atoms with E-state index in [2.05, 4.69) is 36.7 Å². The van der Waals surface area contributed by atoms with E-state index in [1.54, 1.807) is 25.5 Å². The number of imidazole rings is 1. The summed E-state index contributed by atoms with van der Waals surface area (Å²) in [5, 5.41) is 6.26. The van der Waals surface area contributed by atoms with Crippen LogP contribution in [0.5, 0.6) is 0 Å². The van der Waals surface area contributed by atoms with Crippen LogP contribution in [0.2, 0.25) is 0 Å². The number of hydrogen-bond acceptors (Lipinski definition) is 8. The maximum Gasteiger partial charge on any atom is 0.407 e. The van der Waals surface area contributed by atoms with E-state index < -0.39 is 6.09 Å². The fraction of sp³-hybridized carbons (Fsp3) is 0.172. The van der Waals surface area contributed by atoms with Crippen molar-refractivity contribution in [2.75, 3.05) is 18.9 Å². The molecule has 11 nitrogen and oxygen atoms in total. The van der Waals surface area contributed by atoms with Crippen molar-refractivity contribution in [2.45, 2.75) is 20.0 Å². The van der Waals surface area contributed by atoms with E-state index in [0.717, 1.165) is 27.5 Å². The average molecular weight is 537 g/mol. The fourth-order valence-electron chi connectivity index (χ4n) is 4.25. The van der Waals surface area contributed by atoms with Gasteiger partial charge in [0.25, 0.3) is 0 Å². The highest BCUT2D eigenvalue weighted by molar-refractivity contribution is 6.07. The molecular weight excluding hydrogens is 508 g/mol. The lowest BCUT2D eigenvalue weighted by atomic mass is 10.1. The molecule has 0 aliphatic heterocycles. The Labute approximate surface area is 230 Å². The Hall–Kier alpha value is -5.32. The third-order valence-electron chi connectivity index (χ3n) is 6.21. The highest BCUT2D eigenvalue weighted by Gasteiger charge is 2.19. The van der Waals surface area contributed by atoms with Crippen molar-refractivity contribution < 1.29 is 14.3 Å². The van der Waals surface area contributed by atoms with E-state index >= 15 is 0 Å². The lowest BCUT2D eigenvalue weighted by molar-refractivity contribution is -0.117. The zero-order valence-electron chi connectivity index (χ0n) is 21.9. The number of ether oxygens (including phenoxy) is 1. The van der Waals surface area contributed by atoms with Gasteiger partial charge in [-0.2, -0.15) is 0 Å². The first-order valence-electron chi connectivity index (χ1n) is 12.6. The number of pyridine rings is 1. The third-order valence-corrected chi connectivity index (χ3v) is 6.21. The van der Waals surface area contributed by atoms with Crippen molar-refractivity contribution in [3.05, 3.63) is 90.4 Å². The van der Waals surface area contributed by atoms with E-state index in [1.807, 2.05) is 48.5 Å². The number of para-hydroxylation sites is 1. The number of nitrogens with zero attached hydrogens (tertiary/aromatic N) is 5. The molecule has 0 spiro atoms. The number of rotatable bonds is 9. The van der Waals surface area contributed by atoms with Crippen LogP contribution in [0.15, 0.2) is 79.3 Å². The highest BCUT2D eigenvalue weighted by Crippen LogP contribution is 2.32. The topological polar surface area (TPSA) is 150 Å². The fourth-order valence-corrected chi connectivity index (χ4v) is 4.25. The smallest absolute Gasteiger partial charge is 0.407 e. The molecule has 0 bridgehead atoms. The molecule has 0 unspecified atom stereocenters. The second-order valence-corrected chi connectivity index (χ2v) is 9.17. The Bertz CT molecular complexity index is 1700. The second-order valence-electron chi connectivity index (χ2n) is 9.17. The van der Waals surface area contributed by atoms with Gasteiger partial charge in [-0.3, -0.25) is 9.78 Å². The van der Waals surface area contributed by atoms with Gasteiger partial charge in [-0.1, -0.05) is 49.0 Å². The molecule has 0 saturated heterocycles. The van der Waals surface area contributed by atoms with Crippen LogP contribution >= 0.6 is 0 Å². The van der Waals surface area contributed by atoms with Crippen molar-refractivity contribution in [1.82, 2.24) is 35.1 Å². The Kier molecular flexibility index (Phi) is 7.63. The molecule has 202 valence electrons. The highest BCUT2D eigenvalue weighted by atomic mass is 16.5. The minimum atomic E-state index is -0.565. The number of fused-ring (bicyclic) bond motifs is 3. The number of benzene rings is 2. The van der Waals surface area contributed by atoms with Crippen molar-refractivity contribution in [3.63, 3.8) is 0 Å². The van der Waals surface area contributed by atoms with Gasteiger partial charge in [0.05, 0.1) is 23.8 Å². The first-order valence-corrected chi connectivity index (χ1v) is 12.6. The summed E-state index contributed by atoms with van der Waals surface area (Å²) in [7, 11) is 0. The summed E-state index contributed by atoms with van der Waals surface area (Å²) in [5.41, 5.74) is 11.5. The number of nitrogens with two attached hydrogens (primary N) is 1. The van der Waals surface area contributed by atoms with E-state index in [9.17, 15) is 9.59 Å². The molecule has 11 heteroatoms. The quantitative estimate of drug-likeness (QED) is 0.191. The van der Waals surface area contributed by atoms with Gasteiger partial charge in [-0.25, -0.2) is 19.7 Å². The molecule has 5 aromatic rings. The molecule has 0 aliphatic rings. The summed E-state index contributed by atoms with van der Waals surface area (Å²) >= 11 is 0. The molecule has 3 aromatic heterocycles. The van der Waals surface area contributed by atoms with Crippen molar-refractivity contribution in [3.8, 4) is 11.5 Å². The molecule has 4 N–H and O–H groups in total. The number of alkyl carbamates (subject to hydrolysis) is 1. The van der Waals surface area contributed by atoms with Gasteiger partial charge in [0.2, 0.25) is 5.91 Å². The SMILES string of the molecule is C=C(C)C(=O)NCCOC(=O)NCc1ccc(Cn2c(-c3cnccn3)nc3c(N)nc4ccccc4c32)cc1. The molecular formula is C29H28N8O3.